The third-order valence-corrected chi connectivity index (χ3v) is 6.42. The van der Waals surface area contributed by atoms with E-state index in [-0.39, 0.29) is 5.91 Å². The molecule has 0 bridgehead atoms. The number of amides is 1. The summed E-state index contributed by atoms with van der Waals surface area (Å²) in [4.78, 5) is 22.7. The van der Waals surface area contributed by atoms with E-state index in [1.807, 2.05) is 47.8 Å². The van der Waals surface area contributed by atoms with Gasteiger partial charge in [0.25, 0.3) is 0 Å². The van der Waals surface area contributed by atoms with E-state index in [1.165, 1.54) is 18.1 Å². The Hall–Kier alpha value is -2.35. The van der Waals surface area contributed by atoms with Crippen LogP contribution >= 0.6 is 34.7 Å². The zero-order valence-electron chi connectivity index (χ0n) is 15.0. The fraction of sp³-hybridized carbons (Fsp3) is 0.150. The molecule has 0 atom stereocenters. The van der Waals surface area contributed by atoms with Crippen molar-refractivity contribution in [2.45, 2.75) is 11.6 Å². The van der Waals surface area contributed by atoms with E-state index in [0.29, 0.717) is 17.3 Å². The average molecular weight is 430 g/mol. The van der Waals surface area contributed by atoms with Gasteiger partial charge in [-0.3, -0.25) is 4.79 Å². The summed E-state index contributed by atoms with van der Waals surface area (Å²) in [6.45, 7) is 0.408. The van der Waals surface area contributed by atoms with E-state index >= 15 is 0 Å². The predicted octanol–water partition coefficient (Wildman–Crippen LogP) is 5.36. The Kier molecular flexibility index (Phi) is 5.66. The molecule has 142 valence electrons. The molecule has 0 saturated heterocycles. The largest absolute Gasteiger partial charge is 0.459 e. The maximum atomic E-state index is 12.5. The van der Waals surface area contributed by atoms with Crippen molar-refractivity contribution in [1.82, 2.24) is 14.9 Å². The number of carbonyl (C=O) groups is 1. The zero-order valence-corrected chi connectivity index (χ0v) is 17.4. The minimum Gasteiger partial charge on any atom is -0.459 e. The summed E-state index contributed by atoms with van der Waals surface area (Å²) >= 11 is 8.94. The van der Waals surface area contributed by atoms with Gasteiger partial charge in [-0.2, -0.15) is 0 Å². The van der Waals surface area contributed by atoms with E-state index in [0.717, 1.165) is 32.3 Å². The van der Waals surface area contributed by atoms with Gasteiger partial charge in [0.1, 0.15) is 22.9 Å². The van der Waals surface area contributed by atoms with Crippen molar-refractivity contribution in [3.05, 3.63) is 65.0 Å². The van der Waals surface area contributed by atoms with E-state index in [2.05, 4.69) is 9.97 Å². The minimum atomic E-state index is 0.0118. The van der Waals surface area contributed by atoms with Crippen LogP contribution in [-0.4, -0.2) is 33.6 Å². The van der Waals surface area contributed by atoms with Crippen LogP contribution in [0.2, 0.25) is 5.02 Å². The SMILES string of the molecule is CN(Cc1ccc(-c2ccc(Cl)cc2)o1)C(=O)CSc1ncnc2ccsc12. The molecule has 0 fully saturated rings. The minimum absolute atomic E-state index is 0.0118. The van der Waals surface area contributed by atoms with Crippen LogP contribution in [-0.2, 0) is 11.3 Å². The van der Waals surface area contributed by atoms with Crippen LogP contribution in [0.3, 0.4) is 0 Å². The van der Waals surface area contributed by atoms with Crippen molar-refractivity contribution >= 4 is 50.8 Å². The molecule has 0 spiro atoms. The number of benzene rings is 1. The van der Waals surface area contributed by atoms with Crippen LogP contribution in [0.4, 0.5) is 0 Å². The number of carbonyl (C=O) groups excluding carboxylic acids is 1. The first-order valence-corrected chi connectivity index (χ1v) is 10.7. The number of hydrogen-bond donors (Lipinski definition) is 0. The molecule has 0 N–H and O–H groups in total. The van der Waals surface area contributed by atoms with Gasteiger partial charge in [-0.25, -0.2) is 9.97 Å². The predicted molar refractivity (Wildman–Crippen MR) is 114 cm³/mol. The fourth-order valence-electron chi connectivity index (χ4n) is 2.66. The van der Waals surface area contributed by atoms with Crippen LogP contribution in [0, 0.1) is 0 Å². The molecule has 5 nitrogen and oxygen atoms in total. The molecule has 0 aliphatic heterocycles. The molecule has 8 heteroatoms. The van der Waals surface area contributed by atoms with Crippen LogP contribution in [0.15, 0.2) is 63.6 Å². The van der Waals surface area contributed by atoms with Crippen molar-refractivity contribution in [1.29, 1.82) is 0 Å². The molecule has 0 radical (unpaired) electrons. The second-order valence-electron chi connectivity index (χ2n) is 6.13. The van der Waals surface area contributed by atoms with E-state index in [4.69, 9.17) is 16.0 Å². The molecule has 0 unspecified atom stereocenters. The molecule has 0 aliphatic rings. The lowest BCUT2D eigenvalue weighted by Gasteiger charge is -2.15. The van der Waals surface area contributed by atoms with Crippen LogP contribution < -0.4 is 0 Å². The molecule has 4 rings (SSSR count). The summed E-state index contributed by atoms with van der Waals surface area (Å²) in [6, 6.07) is 13.2. The summed E-state index contributed by atoms with van der Waals surface area (Å²) in [7, 11) is 1.77. The van der Waals surface area contributed by atoms with Crippen molar-refractivity contribution < 1.29 is 9.21 Å². The molecular formula is C20H16ClN3O2S2. The molecule has 1 amide bonds. The third kappa shape index (κ3) is 4.22. The highest BCUT2D eigenvalue weighted by atomic mass is 35.5. The Labute approximate surface area is 175 Å². The van der Waals surface area contributed by atoms with E-state index < -0.39 is 0 Å². The monoisotopic (exact) mass is 429 g/mol. The van der Waals surface area contributed by atoms with Gasteiger partial charge < -0.3 is 9.32 Å². The Balaban J connectivity index is 1.37. The second kappa shape index (κ2) is 8.34. The Morgan fingerprint density at radius 1 is 1.18 bits per heavy atom. The highest BCUT2D eigenvalue weighted by molar-refractivity contribution is 8.00. The number of fused-ring (bicyclic) bond motifs is 1. The first-order valence-electron chi connectivity index (χ1n) is 8.50. The van der Waals surface area contributed by atoms with Gasteiger partial charge in [-0.1, -0.05) is 23.4 Å². The number of furan rings is 1. The molecule has 28 heavy (non-hydrogen) atoms. The van der Waals surface area contributed by atoms with Gasteiger partial charge in [0.15, 0.2) is 0 Å². The summed E-state index contributed by atoms with van der Waals surface area (Å²) in [6.07, 6.45) is 1.53. The number of thioether (sulfide) groups is 1. The molecule has 3 aromatic heterocycles. The topological polar surface area (TPSA) is 59.2 Å². The number of thiophene rings is 1. The normalized spacial score (nSPS) is 11.1. The molecular weight excluding hydrogens is 414 g/mol. The molecule has 0 saturated carbocycles. The Bertz CT molecular complexity index is 1110. The Morgan fingerprint density at radius 2 is 2.00 bits per heavy atom. The molecule has 1 aromatic carbocycles. The van der Waals surface area contributed by atoms with Gasteiger partial charge >= 0.3 is 0 Å². The molecule has 0 aliphatic carbocycles. The van der Waals surface area contributed by atoms with Crippen molar-refractivity contribution in [2.75, 3.05) is 12.8 Å². The lowest BCUT2D eigenvalue weighted by molar-refractivity contribution is -0.127. The van der Waals surface area contributed by atoms with Crippen molar-refractivity contribution in [3.8, 4) is 11.3 Å². The number of nitrogens with zero attached hydrogens (tertiary/aromatic N) is 3. The Morgan fingerprint density at radius 3 is 2.82 bits per heavy atom. The zero-order chi connectivity index (χ0) is 19.5. The smallest absolute Gasteiger partial charge is 0.233 e. The van der Waals surface area contributed by atoms with Crippen LogP contribution in [0.1, 0.15) is 5.76 Å². The standard InChI is InChI=1S/C20H16ClN3O2S2/c1-24(10-15-6-7-17(26-15)13-2-4-14(21)5-3-13)18(25)11-28-20-19-16(8-9-27-19)22-12-23-20/h2-9,12H,10-11H2,1H3. The quantitative estimate of drug-likeness (QED) is 0.305. The van der Waals surface area contributed by atoms with Gasteiger partial charge in [-0.05, 0) is 47.8 Å². The average Bonchev–Trinajstić information content (AvgIpc) is 3.36. The van der Waals surface area contributed by atoms with E-state index in [9.17, 15) is 4.79 Å². The fourth-order valence-corrected chi connectivity index (χ4v) is 4.68. The number of aromatic nitrogens is 2. The highest BCUT2D eigenvalue weighted by Crippen LogP contribution is 2.29. The van der Waals surface area contributed by atoms with Gasteiger partial charge in [0.05, 0.1) is 22.5 Å². The van der Waals surface area contributed by atoms with Gasteiger partial charge in [0.2, 0.25) is 5.91 Å². The second-order valence-corrected chi connectivity index (χ2v) is 8.44. The summed E-state index contributed by atoms with van der Waals surface area (Å²) < 4.78 is 6.89. The number of rotatable bonds is 6. The van der Waals surface area contributed by atoms with E-state index in [1.54, 1.807) is 23.3 Å². The van der Waals surface area contributed by atoms with Crippen LogP contribution in [0.5, 0.6) is 0 Å². The maximum absolute atomic E-state index is 12.5. The van der Waals surface area contributed by atoms with Gasteiger partial charge in [0, 0.05) is 17.6 Å². The lowest BCUT2D eigenvalue weighted by atomic mass is 10.2. The summed E-state index contributed by atoms with van der Waals surface area (Å²) in [5.41, 5.74) is 1.86. The van der Waals surface area contributed by atoms with Crippen molar-refractivity contribution in [3.63, 3.8) is 0 Å². The lowest BCUT2D eigenvalue weighted by Crippen LogP contribution is -2.27. The highest BCUT2D eigenvalue weighted by Gasteiger charge is 2.14. The molecule has 3 heterocycles. The number of halogens is 1. The summed E-state index contributed by atoms with van der Waals surface area (Å²) in [5.74, 6) is 1.81. The van der Waals surface area contributed by atoms with Gasteiger partial charge in [-0.15, -0.1) is 11.3 Å². The third-order valence-electron chi connectivity index (χ3n) is 4.15. The first kappa shape index (κ1) is 19.0. The summed E-state index contributed by atoms with van der Waals surface area (Å²) in [5, 5.41) is 3.50. The maximum Gasteiger partial charge on any atom is 0.233 e. The first-order chi connectivity index (χ1) is 13.6. The molecule has 4 aromatic rings. The number of hydrogen-bond acceptors (Lipinski definition) is 6. The van der Waals surface area contributed by atoms with Crippen molar-refractivity contribution in [2.24, 2.45) is 0 Å². The van der Waals surface area contributed by atoms with Crippen LogP contribution in [0.25, 0.3) is 21.5 Å².